The molecular weight excluding hydrogens is 426 g/mol. The van der Waals surface area contributed by atoms with Crippen molar-refractivity contribution in [3.8, 4) is 11.5 Å². The number of imidazole rings is 1. The summed E-state index contributed by atoms with van der Waals surface area (Å²) in [6.45, 7) is 0. The average molecular weight is 450 g/mol. The molecule has 3 aromatic carbocycles. The fourth-order valence-corrected chi connectivity index (χ4v) is 4.08. The van der Waals surface area contributed by atoms with Crippen molar-refractivity contribution in [2.24, 2.45) is 7.05 Å². The van der Waals surface area contributed by atoms with Gasteiger partial charge in [0.05, 0.1) is 36.3 Å². The zero-order valence-corrected chi connectivity index (χ0v) is 18.9. The number of methoxy groups -OCH3 is 2. The highest BCUT2D eigenvalue weighted by atomic mass is 35.5. The minimum absolute atomic E-state index is 0.263. The van der Waals surface area contributed by atoms with E-state index in [0.717, 1.165) is 22.4 Å². The van der Waals surface area contributed by atoms with Crippen molar-refractivity contribution < 1.29 is 14.3 Å². The highest BCUT2D eigenvalue weighted by molar-refractivity contribution is 6.32. The topological polar surface area (TPSA) is 65.4 Å². The Morgan fingerprint density at radius 2 is 1.78 bits per heavy atom. The van der Waals surface area contributed by atoms with Gasteiger partial charge in [-0.15, -0.1) is 0 Å². The number of nitrogens with zero attached hydrogens (tertiary/aromatic N) is 2. The van der Waals surface area contributed by atoms with Gasteiger partial charge < -0.3 is 19.4 Å². The van der Waals surface area contributed by atoms with Crippen molar-refractivity contribution in [3.63, 3.8) is 0 Å². The van der Waals surface area contributed by atoms with Gasteiger partial charge in [-0.3, -0.25) is 4.79 Å². The van der Waals surface area contributed by atoms with Gasteiger partial charge in [0, 0.05) is 19.0 Å². The second kappa shape index (κ2) is 9.32. The van der Waals surface area contributed by atoms with Gasteiger partial charge in [0.1, 0.15) is 5.82 Å². The van der Waals surface area contributed by atoms with Gasteiger partial charge >= 0.3 is 0 Å². The summed E-state index contributed by atoms with van der Waals surface area (Å²) in [6, 6.07) is 20.7. The van der Waals surface area contributed by atoms with Crippen LogP contribution in [0.15, 0.2) is 66.7 Å². The Bertz CT molecular complexity index is 1250. The maximum Gasteiger partial charge on any atom is 0.251 e. The van der Waals surface area contributed by atoms with Crippen molar-refractivity contribution in [2.75, 3.05) is 14.2 Å². The molecule has 32 heavy (non-hydrogen) atoms. The molecule has 1 N–H and O–H groups in total. The van der Waals surface area contributed by atoms with Crippen LogP contribution in [0.25, 0.3) is 11.0 Å². The number of aromatic nitrogens is 2. The third kappa shape index (κ3) is 4.27. The van der Waals surface area contributed by atoms with Crippen molar-refractivity contribution in [1.29, 1.82) is 0 Å². The Hall–Kier alpha value is -3.51. The molecule has 0 saturated carbocycles. The molecule has 4 rings (SSSR count). The summed E-state index contributed by atoms with van der Waals surface area (Å²) >= 11 is 6.31. The van der Waals surface area contributed by atoms with Crippen LogP contribution in [-0.2, 0) is 13.5 Å². The number of benzene rings is 3. The van der Waals surface area contributed by atoms with Crippen LogP contribution in [0.1, 0.15) is 27.8 Å². The number of para-hydroxylation sites is 2. The first kappa shape index (κ1) is 21.7. The third-order valence-corrected chi connectivity index (χ3v) is 5.75. The minimum atomic E-state index is -0.286. The van der Waals surface area contributed by atoms with Crippen molar-refractivity contribution in [1.82, 2.24) is 14.9 Å². The van der Waals surface area contributed by atoms with Crippen LogP contribution in [0, 0.1) is 0 Å². The quantitative estimate of drug-likeness (QED) is 0.433. The number of nitrogens with one attached hydrogen (secondary N) is 1. The molecule has 0 aliphatic rings. The first-order chi connectivity index (χ1) is 15.5. The molecule has 0 bridgehead atoms. The molecule has 0 saturated heterocycles. The molecule has 6 nitrogen and oxygen atoms in total. The lowest BCUT2D eigenvalue weighted by Gasteiger charge is -2.20. The van der Waals surface area contributed by atoms with Gasteiger partial charge in [-0.2, -0.15) is 0 Å². The second-order valence-electron chi connectivity index (χ2n) is 7.41. The number of carbonyl (C=O) groups is 1. The maximum atomic E-state index is 13.2. The van der Waals surface area contributed by atoms with E-state index in [9.17, 15) is 4.79 Å². The average Bonchev–Trinajstić information content (AvgIpc) is 3.13. The van der Waals surface area contributed by atoms with E-state index in [0.29, 0.717) is 28.5 Å². The molecule has 1 heterocycles. The normalized spacial score (nSPS) is 11.9. The summed E-state index contributed by atoms with van der Waals surface area (Å²) in [7, 11) is 5.00. The number of aryl methyl sites for hydroxylation is 1. The Kier molecular flexibility index (Phi) is 6.32. The molecule has 1 amide bonds. The first-order valence-corrected chi connectivity index (χ1v) is 10.6. The fourth-order valence-electron chi connectivity index (χ4n) is 3.79. The van der Waals surface area contributed by atoms with Crippen LogP contribution >= 0.6 is 11.6 Å². The Morgan fingerprint density at radius 3 is 2.47 bits per heavy atom. The van der Waals surface area contributed by atoms with E-state index in [-0.39, 0.29) is 11.9 Å². The van der Waals surface area contributed by atoms with Crippen LogP contribution in [0.3, 0.4) is 0 Å². The molecule has 164 valence electrons. The zero-order chi connectivity index (χ0) is 22.7. The highest BCUT2D eigenvalue weighted by Crippen LogP contribution is 2.36. The lowest BCUT2D eigenvalue weighted by Crippen LogP contribution is -2.30. The number of hydrogen-bond donors (Lipinski definition) is 1. The number of ether oxygens (including phenoxy) is 2. The molecule has 0 fully saturated rings. The van der Waals surface area contributed by atoms with Gasteiger partial charge in [0.25, 0.3) is 5.91 Å². The minimum Gasteiger partial charge on any atom is -0.493 e. The van der Waals surface area contributed by atoms with Gasteiger partial charge in [0.2, 0.25) is 0 Å². The van der Waals surface area contributed by atoms with Crippen molar-refractivity contribution in [2.45, 2.75) is 12.5 Å². The molecule has 1 unspecified atom stereocenters. The SMILES string of the molecule is COc1cc(C(=O)NC(Cc2nc3ccccc3n2C)c2ccccc2)cc(Cl)c1OC. The van der Waals surface area contributed by atoms with E-state index in [1.54, 1.807) is 12.1 Å². The molecular formula is C25H24ClN3O3. The van der Waals surface area contributed by atoms with Gasteiger partial charge in [-0.05, 0) is 29.8 Å². The van der Waals surface area contributed by atoms with Crippen LogP contribution < -0.4 is 14.8 Å². The van der Waals surface area contributed by atoms with Gasteiger partial charge in [-0.25, -0.2) is 4.98 Å². The summed E-state index contributed by atoms with van der Waals surface area (Å²) in [4.78, 5) is 18.0. The molecule has 0 spiro atoms. The van der Waals surface area contributed by atoms with Crippen molar-refractivity contribution >= 4 is 28.5 Å². The Balaban J connectivity index is 1.67. The second-order valence-corrected chi connectivity index (χ2v) is 7.82. The monoisotopic (exact) mass is 449 g/mol. The molecule has 1 atom stereocenters. The van der Waals surface area contributed by atoms with Crippen LogP contribution in [0.5, 0.6) is 11.5 Å². The summed E-state index contributed by atoms with van der Waals surface area (Å²) in [5.41, 5.74) is 3.35. The fraction of sp³-hybridized carbons (Fsp3) is 0.200. The standard InChI is InChI=1S/C25H24ClN3O3/c1-29-21-12-8-7-11-19(21)27-23(29)15-20(16-9-5-4-6-10-16)28-25(30)17-13-18(26)24(32-3)22(14-17)31-2/h4-14,20H,15H2,1-3H3,(H,28,30). The lowest BCUT2D eigenvalue weighted by atomic mass is 10.0. The molecule has 4 aromatic rings. The van der Waals surface area contributed by atoms with E-state index in [2.05, 4.69) is 9.88 Å². The van der Waals surface area contributed by atoms with Crippen molar-refractivity contribution in [3.05, 3.63) is 88.7 Å². The van der Waals surface area contributed by atoms with E-state index < -0.39 is 0 Å². The number of rotatable bonds is 7. The molecule has 7 heteroatoms. The number of fused-ring (bicyclic) bond motifs is 1. The molecule has 0 aliphatic heterocycles. The smallest absolute Gasteiger partial charge is 0.251 e. The summed E-state index contributed by atoms with van der Waals surface area (Å²) in [5, 5.41) is 3.45. The lowest BCUT2D eigenvalue weighted by molar-refractivity contribution is 0.0935. The summed E-state index contributed by atoms with van der Waals surface area (Å²) < 4.78 is 12.7. The number of halogens is 1. The molecule has 0 radical (unpaired) electrons. The third-order valence-electron chi connectivity index (χ3n) is 5.47. The van der Waals surface area contributed by atoms with E-state index in [1.165, 1.54) is 14.2 Å². The first-order valence-electron chi connectivity index (χ1n) is 10.2. The number of amides is 1. The van der Waals surface area contributed by atoms with Crippen LogP contribution in [0.2, 0.25) is 5.02 Å². The van der Waals surface area contributed by atoms with Crippen LogP contribution in [-0.4, -0.2) is 29.7 Å². The zero-order valence-electron chi connectivity index (χ0n) is 18.1. The van der Waals surface area contributed by atoms with Crippen LogP contribution in [0.4, 0.5) is 0 Å². The predicted molar refractivity (Wildman–Crippen MR) is 126 cm³/mol. The van der Waals surface area contributed by atoms with E-state index >= 15 is 0 Å². The highest BCUT2D eigenvalue weighted by Gasteiger charge is 2.21. The van der Waals surface area contributed by atoms with Gasteiger partial charge in [-0.1, -0.05) is 54.1 Å². The molecule has 0 aliphatic carbocycles. The van der Waals surface area contributed by atoms with E-state index in [1.807, 2.05) is 61.6 Å². The molecule has 1 aromatic heterocycles. The predicted octanol–water partition coefficient (Wildman–Crippen LogP) is 4.96. The largest absolute Gasteiger partial charge is 0.493 e. The summed E-state index contributed by atoms with van der Waals surface area (Å²) in [6.07, 6.45) is 0.530. The van der Waals surface area contributed by atoms with Gasteiger partial charge in [0.15, 0.2) is 11.5 Å². The number of carbonyl (C=O) groups excluding carboxylic acids is 1. The Morgan fingerprint density at radius 1 is 1.06 bits per heavy atom. The number of hydrogen-bond acceptors (Lipinski definition) is 4. The maximum absolute atomic E-state index is 13.2. The Labute approximate surface area is 191 Å². The summed E-state index contributed by atoms with van der Waals surface area (Å²) in [5.74, 6) is 1.41. The van der Waals surface area contributed by atoms with E-state index in [4.69, 9.17) is 26.1 Å².